The summed E-state index contributed by atoms with van der Waals surface area (Å²) < 4.78 is 28.3. The zero-order valence-electron chi connectivity index (χ0n) is 16.2. The maximum atomic E-state index is 12.7. The number of hydrogen-bond acceptors (Lipinski definition) is 4. The maximum Gasteiger partial charge on any atom is 0.308 e. The zero-order valence-corrected chi connectivity index (χ0v) is 17.0. The van der Waals surface area contributed by atoms with Crippen molar-refractivity contribution in [2.24, 2.45) is 5.41 Å². The lowest BCUT2D eigenvalue weighted by Gasteiger charge is -2.31. The van der Waals surface area contributed by atoms with E-state index in [1.54, 1.807) is 18.2 Å². The van der Waals surface area contributed by atoms with Crippen LogP contribution in [0.4, 0.5) is 0 Å². The molecule has 1 amide bonds. The van der Waals surface area contributed by atoms with Gasteiger partial charge >= 0.3 is 10.1 Å². The van der Waals surface area contributed by atoms with Gasteiger partial charge in [-0.15, -0.1) is 0 Å². The number of carbonyl (C=O) groups is 1. The summed E-state index contributed by atoms with van der Waals surface area (Å²) in [6.45, 7) is 12.2. The minimum absolute atomic E-state index is 0.0804. The zero-order chi connectivity index (χ0) is 19.3. The molecule has 0 aromatic heterocycles. The number of carbonyl (C=O) groups excluding carboxylic acids is 1. The molecule has 1 aromatic carbocycles. The topological polar surface area (TPSA) is 63.7 Å². The van der Waals surface area contributed by atoms with E-state index >= 15 is 0 Å². The second-order valence-corrected chi connectivity index (χ2v) is 9.45. The Morgan fingerprint density at radius 2 is 1.88 bits per heavy atom. The summed E-state index contributed by atoms with van der Waals surface area (Å²) in [4.78, 5) is 14.6. The molecule has 142 valence electrons. The molecule has 6 heteroatoms. The average molecular weight is 370 g/mol. The molecule has 0 aliphatic carbocycles. The molecule has 1 rings (SSSR count). The van der Waals surface area contributed by atoms with E-state index in [9.17, 15) is 13.2 Å². The number of rotatable bonds is 8. The quantitative estimate of drug-likeness (QED) is 0.650. The Kier molecular flexibility index (Phi) is 7.47. The Balaban J connectivity index is 2.99. The van der Waals surface area contributed by atoms with Crippen molar-refractivity contribution in [2.75, 3.05) is 5.75 Å². The highest BCUT2D eigenvalue weighted by Crippen LogP contribution is 2.23. The summed E-state index contributed by atoms with van der Waals surface area (Å²) in [5.74, 6) is 0.307. The van der Waals surface area contributed by atoms with Gasteiger partial charge in [-0.2, -0.15) is 8.42 Å². The van der Waals surface area contributed by atoms with Gasteiger partial charge in [-0.25, -0.2) is 0 Å². The summed E-state index contributed by atoms with van der Waals surface area (Å²) in [5, 5.41) is 0. The summed E-state index contributed by atoms with van der Waals surface area (Å²) in [7, 11) is -3.56. The lowest BCUT2D eigenvalue weighted by Crippen LogP contribution is -2.39. The molecule has 0 saturated carbocycles. The molecule has 0 N–H and O–H groups in total. The van der Waals surface area contributed by atoms with Gasteiger partial charge in [0, 0.05) is 19.0 Å². The van der Waals surface area contributed by atoms with Gasteiger partial charge in [-0.3, -0.25) is 4.79 Å². The molecule has 0 spiro atoms. The van der Waals surface area contributed by atoms with Crippen LogP contribution < -0.4 is 4.18 Å². The van der Waals surface area contributed by atoms with Crippen LogP contribution in [0.1, 0.15) is 59.9 Å². The maximum absolute atomic E-state index is 12.7. The van der Waals surface area contributed by atoms with Gasteiger partial charge in [0.15, 0.2) is 0 Å². The van der Waals surface area contributed by atoms with Crippen molar-refractivity contribution in [3.05, 3.63) is 29.8 Å². The molecule has 0 aliphatic rings. The predicted molar refractivity (Wildman–Crippen MR) is 101 cm³/mol. The predicted octanol–water partition coefficient (Wildman–Crippen LogP) is 3.98. The van der Waals surface area contributed by atoms with Crippen molar-refractivity contribution in [1.29, 1.82) is 0 Å². The van der Waals surface area contributed by atoms with Gasteiger partial charge < -0.3 is 9.08 Å². The Morgan fingerprint density at radius 1 is 1.24 bits per heavy atom. The lowest BCUT2D eigenvalue weighted by molar-refractivity contribution is -0.135. The van der Waals surface area contributed by atoms with Gasteiger partial charge in [-0.05, 0) is 43.4 Å². The fraction of sp³-hybridized carbons (Fsp3) is 0.632. The molecule has 0 radical (unpaired) electrons. The molecule has 0 heterocycles. The van der Waals surface area contributed by atoms with E-state index in [0.717, 1.165) is 12.0 Å². The lowest BCUT2D eigenvalue weighted by atomic mass is 9.91. The van der Waals surface area contributed by atoms with Gasteiger partial charge in [0.2, 0.25) is 5.91 Å². The van der Waals surface area contributed by atoms with E-state index in [1.807, 2.05) is 38.7 Å². The Bertz CT molecular complexity index is 677. The standard InChI is InChI=1S/C19H31NO4S/c1-7-15(3)20(18(21)13-19(4,5)6)14-16-10-9-11-17(12-16)24-25(22,23)8-2/h9-12,15H,7-8,13-14H2,1-6H3/t15-/m0/s1. The molecule has 1 aromatic rings. The highest BCUT2D eigenvalue weighted by atomic mass is 32.2. The normalized spacial score (nSPS) is 13.4. The SMILES string of the molecule is CC[C@H](C)N(Cc1cccc(OS(=O)(=O)CC)c1)C(=O)CC(C)(C)C. The van der Waals surface area contributed by atoms with Crippen molar-refractivity contribution in [1.82, 2.24) is 4.90 Å². The Morgan fingerprint density at radius 3 is 2.40 bits per heavy atom. The van der Waals surface area contributed by atoms with Crippen molar-refractivity contribution in [3.8, 4) is 5.75 Å². The molecular formula is C19H31NO4S. The molecule has 0 bridgehead atoms. The first-order chi connectivity index (χ1) is 11.5. The van der Waals surface area contributed by atoms with Crippen molar-refractivity contribution in [3.63, 3.8) is 0 Å². The van der Waals surface area contributed by atoms with E-state index in [2.05, 4.69) is 6.92 Å². The fourth-order valence-electron chi connectivity index (χ4n) is 2.36. The van der Waals surface area contributed by atoms with Crippen LogP contribution in [0, 0.1) is 5.41 Å². The molecule has 0 unspecified atom stereocenters. The van der Waals surface area contributed by atoms with Gasteiger partial charge in [0.05, 0.1) is 5.75 Å². The second-order valence-electron chi connectivity index (χ2n) is 7.59. The van der Waals surface area contributed by atoms with E-state index in [1.165, 1.54) is 6.92 Å². The average Bonchev–Trinajstić information content (AvgIpc) is 2.50. The molecule has 0 saturated heterocycles. The third kappa shape index (κ3) is 7.46. The molecule has 0 aliphatic heterocycles. The number of hydrogen-bond donors (Lipinski definition) is 0. The van der Waals surface area contributed by atoms with Crippen LogP contribution in [0.3, 0.4) is 0 Å². The first kappa shape index (κ1) is 21.5. The molecule has 25 heavy (non-hydrogen) atoms. The van der Waals surface area contributed by atoms with E-state index in [-0.39, 0.29) is 28.9 Å². The molecule has 1 atom stereocenters. The van der Waals surface area contributed by atoms with E-state index < -0.39 is 10.1 Å². The van der Waals surface area contributed by atoms with Crippen molar-refractivity contribution >= 4 is 16.0 Å². The van der Waals surface area contributed by atoms with Crippen LogP contribution in [0.2, 0.25) is 0 Å². The van der Waals surface area contributed by atoms with Crippen molar-refractivity contribution in [2.45, 2.75) is 67.0 Å². The molecule has 5 nitrogen and oxygen atoms in total. The van der Waals surface area contributed by atoms with Crippen LogP contribution in [0.15, 0.2) is 24.3 Å². The highest BCUT2D eigenvalue weighted by Gasteiger charge is 2.24. The van der Waals surface area contributed by atoms with Crippen LogP contribution in [0.5, 0.6) is 5.75 Å². The van der Waals surface area contributed by atoms with Gasteiger partial charge in [-0.1, -0.05) is 39.8 Å². The summed E-state index contributed by atoms with van der Waals surface area (Å²) in [5.41, 5.74) is 0.773. The summed E-state index contributed by atoms with van der Waals surface area (Å²) in [6.07, 6.45) is 1.33. The minimum atomic E-state index is -3.56. The van der Waals surface area contributed by atoms with Crippen LogP contribution in [-0.4, -0.2) is 31.0 Å². The number of amides is 1. The van der Waals surface area contributed by atoms with E-state index in [4.69, 9.17) is 4.18 Å². The number of benzene rings is 1. The van der Waals surface area contributed by atoms with Crippen LogP contribution >= 0.6 is 0 Å². The minimum Gasteiger partial charge on any atom is -0.382 e. The monoisotopic (exact) mass is 369 g/mol. The fourth-order valence-corrected chi connectivity index (χ4v) is 2.88. The Labute approximate surface area is 152 Å². The summed E-state index contributed by atoms with van der Waals surface area (Å²) in [6, 6.07) is 7.04. The largest absolute Gasteiger partial charge is 0.382 e. The Hall–Kier alpha value is -1.56. The highest BCUT2D eigenvalue weighted by molar-refractivity contribution is 7.87. The third-order valence-electron chi connectivity index (χ3n) is 3.95. The molecular weight excluding hydrogens is 338 g/mol. The van der Waals surface area contributed by atoms with E-state index in [0.29, 0.717) is 13.0 Å². The van der Waals surface area contributed by atoms with Gasteiger partial charge in [0.1, 0.15) is 5.75 Å². The third-order valence-corrected chi connectivity index (χ3v) is 5.11. The first-order valence-electron chi connectivity index (χ1n) is 8.78. The van der Waals surface area contributed by atoms with Crippen LogP contribution in [-0.2, 0) is 21.5 Å². The smallest absolute Gasteiger partial charge is 0.308 e. The molecule has 0 fully saturated rings. The number of nitrogens with zero attached hydrogens (tertiary/aromatic N) is 1. The van der Waals surface area contributed by atoms with Crippen molar-refractivity contribution < 1.29 is 17.4 Å². The van der Waals surface area contributed by atoms with Gasteiger partial charge in [0.25, 0.3) is 0 Å². The summed E-state index contributed by atoms with van der Waals surface area (Å²) >= 11 is 0. The second kappa shape index (κ2) is 8.70. The first-order valence-corrected chi connectivity index (χ1v) is 10.4. The van der Waals surface area contributed by atoms with Crippen LogP contribution in [0.25, 0.3) is 0 Å².